The highest BCUT2D eigenvalue weighted by Crippen LogP contribution is 2.32. The molecule has 0 aromatic heterocycles. The molecule has 63 heavy (non-hydrogen) atoms. The quantitative estimate of drug-likeness (QED) is 0.0546. The van der Waals surface area contributed by atoms with E-state index in [-0.39, 0.29) is 42.5 Å². The summed E-state index contributed by atoms with van der Waals surface area (Å²) >= 11 is 0. The Balaban J connectivity index is -0.0000000854. The van der Waals surface area contributed by atoms with Gasteiger partial charge in [-0.3, -0.25) is 14.4 Å². The zero-order chi connectivity index (χ0) is 52.8. The lowest BCUT2D eigenvalue weighted by molar-refractivity contribution is -0.153. The van der Waals surface area contributed by atoms with Gasteiger partial charge in [0, 0.05) is 20.7 Å². The third-order valence-electron chi connectivity index (χ3n) is 10.2. The average Bonchev–Trinajstić information content (AvgIpc) is 3.57. The van der Waals surface area contributed by atoms with Crippen molar-refractivity contribution in [1.82, 2.24) is 0 Å². The molecule has 1 fully saturated rings. The lowest BCUT2D eigenvalue weighted by atomic mass is 10.0. The third kappa shape index (κ3) is 57.9. The molecule has 11 nitrogen and oxygen atoms in total. The second kappa shape index (κ2) is 52.5. The van der Waals surface area contributed by atoms with E-state index in [0.29, 0.717) is 22.1 Å². The van der Waals surface area contributed by atoms with Crippen LogP contribution in [0.5, 0.6) is 0 Å². The van der Waals surface area contributed by atoms with Crippen molar-refractivity contribution in [3.05, 3.63) is 39.5 Å². The van der Waals surface area contributed by atoms with Gasteiger partial charge in [-0.15, -0.1) is 39.5 Å². The zero-order valence-corrected chi connectivity index (χ0v) is 50.0. The van der Waals surface area contributed by atoms with Gasteiger partial charge in [0.2, 0.25) is 10.1 Å². The molecule has 0 bridgehead atoms. The van der Waals surface area contributed by atoms with Crippen molar-refractivity contribution in [2.24, 2.45) is 23.7 Å². The molecule has 1 rings (SSSR count). The van der Waals surface area contributed by atoms with E-state index in [4.69, 9.17) is 22.9 Å². The number of hydrogen-bond donors (Lipinski definition) is 2. The van der Waals surface area contributed by atoms with E-state index >= 15 is 0 Å². The molecule has 1 heterocycles. The molecule has 0 aliphatic carbocycles. The summed E-state index contributed by atoms with van der Waals surface area (Å²) < 4.78 is 36.3. The molecule has 1 aliphatic heterocycles. The van der Waals surface area contributed by atoms with Crippen molar-refractivity contribution in [3.63, 3.8) is 0 Å². The van der Waals surface area contributed by atoms with Gasteiger partial charge in [0.25, 0.3) is 8.32 Å². The largest absolute Gasteiger partial charge is 0.577 e. The number of rotatable bonds is 19. The van der Waals surface area contributed by atoms with E-state index in [1.165, 1.54) is 45.1 Å². The number of ether oxygens (including phenoxy) is 1. The van der Waals surface area contributed by atoms with Crippen LogP contribution in [0.4, 0.5) is 0 Å². The maximum Gasteiger partial charge on any atom is 0.484 e. The van der Waals surface area contributed by atoms with Crippen LogP contribution in [-0.2, 0) is 41.4 Å². The zero-order valence-electron chi connectivity index (χ0n) is 44.5. The summed E-state index contributed by atoms with van der Waals surface area (Å²) in [4.78, 5) is 40.8. The monoisotopic (exact) mass is 985 g/mol. The molecule has 0 saturated carbocycles. The number of aliphatic carboxylic acids is 1. The molecular weight excluding hydrogens is 881 g/mol. The van der Waals surface area contributed by atoms with E-state index in [0.717, 1.165) is 24.2 Å². The summed E-state index contributed by atoms with van der Waals surface area (Å²) in [5, 5.41) is 18.7. The first kappa shape index (κ1) is 81.1. The number of carbonyl (C=O) groups is 4. The number of carboxylic acids is 1. The van der Waals surface area contributed by atoms with Crippen LogP contribution in [0.1, 0.15) is 140 Å². The van der Waals surface area contributed by atoms with Crippen LogP contribution in [0.15, 0.2) is 39.5 Å². The van der Waals surface area contributed by atoms with Crippen molar-refractivity contribution in [3.8, 4) is 0 Å². The molecule has 16 heteroatoms. The van der Waals surface area contributed by atoms with Gasteiger partial charge in [0.15, 0.2) is 8.32 Å². The molecule has 1 saturated heterocycles. The maximum atomic E-state index is 11.6. The summed E-state index contributed by atoms with van der Waals surface area (Å²) in [5.41, 5.74) is 0.354. The molecule has 0 spiro atoms. The van der Waals surface area contributed by atoms with Gasteiger partial charge in [-0.1, -0.05) is 134 Å². The standard InChI is InChI=1S/C12H28O6Si3.C10H18O3Si.3C6H14.3C2H4.CH2O.H2OSi/c1-7-12(17-20(3,4)5)21(6,18-19(2)16)9-10(13)8-11(14)15;1-7(14(2,3)4)5-8-6-9(11)13-10(8)12;3*1-4-6(3)5-2;5*1-2/h10,12-13H,7-9H2,1-6H3,(H,14,15);7-8H,5-6H2,1-4H3;3*6H,4-5H2,1-3H3;3*1-2H2;1H2;2H2. The van der Waals surface area contributed by atoms with Crippen molar-refractivity contribution in [2.75, 3.05) is 0 Å². The van der Waals surface area contributed by atoms with Crippen LogP contribution in [0.25, 0.3) is 0 Å². The number of hydrogen-bond acceptors (Lipinski definition) is 10. The van der Waals surface area contributed by atoms with Gasteiger partial charge in [-0.05, 0) is 62.3 Å². The molecular formula is C47H104O11Si5. The first-order valence-corrected chi connectivity index (χ1v) is 34.8. The molecule has 0 aromatic carbocycles. The Bertz CT molecular complexity index is 1030. The first-order chi connectivity index (χ1) is 29.1. The van der Waals surface area contributed by atoms with Crippen LogP contribution < -0.4 is 0 Å². The Kier molecular flexibility index (Phi) is 67.6. The summed E-state index contributed by atoms with van der Waals surface area (Å²) in [6.45, 7) is 60.8. The summed E-state index contributed by atoms with van der Waals surface area (Å²) in [6.07, 6.45) is 8.43. The molecule has 5 atom stereocenters. The van der Waals surface area contributed by atoms with E-state index < -0.39 is 45.7 Å². The number of aliphatic hydroxyl groups is 1. The van der Waals surface area contributed by atoms with E-state index in [1.54, 1.807) is 0 Å². The smallest absolute Gasteiger partial charge is 0.484 e. The minimum atomic E-state index is -2.65. The summed E-state index contributed by atoms with van der Waals surface area (Å²) in [7, 11) is -7.24. The Morgan fingerprint density at radius 2 is 1.08 bits per heavy atom. The van der Waals surface area contributed by atoms with E-state index in [1.807, 2.05) is 20.3 Å². The van der Waals surface area contributed by atoms with Gasteiger partial charge in [0.1, 0.15) is 6.79 Å². The normalized spacial score (nSPS) is 14.6. The number of esters is 2. The minimum Gasteiger partial charge on any atom is -0.577 e. The Morgan fingerprint density at radius 3 is 1.27 bits per heavy atom. The fraction of sp³-hybridized carbons (Fsp3) is 0.787. The topological polar surface area (TPSA) is 171 Å². The maximum absolute atomic E-state index is 11.6. The summed E-state index contributed by atoms with van der Waals surface area (Å²) in [5.74, 6) is 0.897. The number of carboxylic acid groups (broad SMARTS) is 1. The minimum absolute atomic E-state index is 0.177. The third-order valence-corrected chi connectivity index (χ3v) is 20.8. The second-order valence-electron chi connectivity index (χ2n) is 17.5. The Hall–Kier alpha value is -2.10. The molecule has 5 unspecified atom stereocenters. The van der Waals surface area contributed by atoms with Crippen LogP contribution in [-0.4, -0.2) is 90.5 Å². The molecule has 0 aromatic rings. The van der Waals surface area contributed by atoms with Crippen molar-refractivity contribution in [2.45, 2.75) is 216 Å². The van der Waals surface area contributed by atoms with Crippen LogP contribution in [0.2, 0.25) is 64.0 Å². The fourth-order valence-electron chi connectivity index (χ4n) is 4.72. The molecule has 0 radical (unpaired) electrons. The van der Waals surface area contributed by atoms with Crippen LogP contribution >= 0.6 is 0 Å². The second-order valence-corrected chi connectivity index (χ2v) is 33.1. The van der Waals surface area contributed by atoms with E-state index in [9.17, 15) is 24.0 Å². The predicted octanol–water partition coefficient (Wildman–Crippen LogP) is 12.8. The van der Waals surface area contributed by atoms with Gasteiger partial charge in [-0.25, -0.2) is 0 Å². The average molecular weight is 986 g/mol. The number of aliphatic hydroxyl groups excluding tert-OH is 1. The van der Waals surface area contributed by atoms with Gasteiger partial charge in [0.05, 0.1) is 30.6 Å². The lowest BCUT2D eigenvalue weighted by Crippen LogP contribution is -2.55. The van der Waals surface area contributed by atoms with Crippen LogP contribution in [0.3, 0.4) is 0 Å². The molecule has 2 N–H and O–H groups in total. The van der Waals surface area contributed by atoms with Crippen LogP contribution in [0, 0.1) is 23.7 Å². The highest BCUT2D eigenvalue weighted by molar-refractivity contribution is 6.79. The predicted molar refractivity (Wildman–Crippen MR) is 283 cm³/mol. The molecule has 1 aliphatic rings. The summed E-state index contributed by atoms with van der Waals surface area (Å²) in [6, 6.07) is 0.215. The highest BCUT2D eigenvalue weighted by Gasteiger charge is 2.44. The fourth-order valence-corrected chi connectivity index (χ4v) is 14.5. The number of carbonyl (C=O) groups excluding carboxylic acids is 3. The first-order valence-electron chi connectivity index (χ1n) is 22.7. The van der Waals surface area contributed by atoms with Gasteiger partial charge in [-0.2, -0.15) is 0 Å². The molecule has 378 valence electrons. The van der Waals surface area contributed by atoms with Crippen molar-refractivity contribution < 1.29 is 51.6 Å². The SMILES string of the molecule is C=C.C=C.C=C.C=O.CC(CC1CC(=O)OC1=O)[Si](C)(C)C.CCC(C)CC.CCC(C)CC.CCC(C)CC.CCC(O[Si](C)(C)C)[Si](C)(CC(O)CC(=O)O)O[Si](C)=O.O=[SiH2]. The van der Waals surface area contributed by atoms with Crippen molar-refractivity contribution in [1.29, 1.82) is 0 Å². The van der Waals surface area contributed by atoms with Crippen molar-refractivity contribution >= 4 is 68.5 Å². The lowest BCUT2D eigenvalue weighted by Gasteiger charge is -2.39. The Morgan fingerprint density at radius 1 is 0.746 bits per heavy atom. The number of cyclic esters (lactones) is 2. The highest BCUT2D eigenvalue weighted by atomic mass is 28.4. The molecule has 0 amide bonds. The van der Waals surface area contributed by atoms with Gasteiger partial charge >= 0.3 is 26.8 Å². The van der Waals surface area contributed by atoms with Gasteiger partial charge < -0.3 is 37.2 Å². The van der Waals surface area contributed by atoms with E-state index in [2.05, 4.69) is 153 Å². The Labute approximate surface area is 397 Å².